The number of aliphatic carboxylic acids is 1. The number of hydrogen-bond acceptors (Lipinski definition) is 2. The second-order valence-corrected chi connectivity index (χ2v) is 6.76. The number of carbonyl (C=O) groups is 1. The van der Waals surface area contributed by atoms with E-state index >= 15 is 0 Å². The molecule has 1 aromatic rings. The molecule has 4 atom stereocenters. The Morgan fingerprint density at radius 2 is 1.75 bits per heavy atom. The molecule has 0 radical (unpaired) electrons. The number of rotatable bonds is 3. The van der Waals surface area contributed by atoms with Crippen molar-refractivity contribution in [3.8, 4) is 0 Å². The molecule has 4 unspecified atom stereocenters. The SMILES string of the molecule is O=C(O)C1C2CCC(C2)C1NC1Cc2ccccc2C1. The molecule has 0 aliphatic heterocycles. The van der Waals surface area contributed by atoms with Crippen LogP contribution in [-0.2, 0) is 17.6 Å². The molecule has 0 saturated heterocycles. The number of carboxylic acids is 1. The molecular weight excluding hydrogens is 250 g/mol. The van der Waals surface area contributed by atoms with E-state index in [4.69, 9.17) is 0 Å². The zero-order valence-electron chi connectivity index (χ0n) is 11.6. The van der Waals surface area contributed by atoms with Crippen molar-refractivity contribution in [1.29, 1.82) is 0 Å². The van der Waals surface area contributed by atoms with Crippen LogP contribution in [0.3, 0.4) is 0 Å². The first-order chi connectivity index (χ1) is 9.72. The maximum Gasteiger partial charge on any atom is 0.308 e. The summed E-state index contributed by atoms with van der Waals surface area (Å²) in [6, 6.07) is 9.22. The highest BCUT2D eigenvalue weighted by Crippen LogP contribution is 2.49. The van der Waals surface area contributed by atoms with Crippen LogP contribution in [0.2, 0.25) is 0 Å². The van der Waals surface area contributed by atoms with Crippen molar-refractivity contribution in [1.82, 2.24) is 5.32 Å². The zero-order chi connectivity index (χ0) is 13.7. The molecule has 106 valence electrons. The largest absolute Gasteiger partial charge is 0.481 e. The fraction of sp³-hybridized carbons (Fsp3) is 0.588. The van der Waals surface area contributed by atoms with E-state index in [2.05, 4.69) is 29.6 Å². The molecule has 0 heterocycles. The van der Waals surface area contributed by atoms with Gasteiger partial charge >= 0.3 is 5.97 Å². The summed E-state index contributed by atoms with van der Waals surface area (Å²) in [6.45, 7) is 0. The third-order valence-electron chi connectivity index (χ3n) is 5.68. The lowest BCUT2D eigenvalue weighted by atomic mass is 9.84. The van der Waals surface area contributed by atoms with Gasteiger partial charge in [0.1, 0.15) is 0 Å². The highest BCUT2D eigenvalue weighted by molar-refractivity contribution is 5.72. The van der Waals surface area contributed by atoms with Gasteiger partial charge in [-0.25, -0.2) is 0 Å². The van der Waals surface area contributed by atoms with Crippen molar-refractivity contribution in [2.24, 2.45) is 17.8 Å². The number of carboxylic acid groups (broad SMARTS) is 1. The Kier molecular flexibility index (Phi) is 2.84. The summed E-state index contributed by atoms with van der Waals surface area (Å²) < 4.78 is 0. The van der Waals surface area contributed by atoms with Gasteiger partial charge in [-0.3, -0.25) is 4.79 Å². The Morgan fingerprint density at radius 1 is 1.10 bits per heavy atom. The lowest BCUT2D eigenvalue weighted by Gasteiger charge is -2.31. The molecule has 2 fully saturated rings. The molecule has 3 nitrogen and oxygen atoms in total. The van der Waals surface area contributed by atoms with Crippen molar-refractivity contribution in [3.63, 3.8) is 0 Å². The van der Waals surface area contributed by atoms with E-state index in [0.29, 0.717) is 17.9 Å². The van der Waals surface area contributed by atoms with Gasteiger partial charge < -0.3 is 10.4 Å². The molecule has 2 saturated carbocycles. The van der Waals surface area contributed by atoms with Gasteiger partial charge in [0.2, 0.25) is 0 Å². The van der Waals surface area contributed by atoms with Crippen molar-refractivity contribution < 1.29 is 9.90 Å². The van der Waals surface area contributed by atoms with E-state index in [1.54, 1.807) is 0 Å². The number of hydrogen-bond donors (Lipinski definition) is 2. The van der Waals surface area contributed by atoms with Gasteiger partial charge in [-0.05, 0) is 55.1 Å². The minimum Gasteiger partial charge on any atom is -0.481 e. The Balaban J connectivity index is 1.49. The van der Waals surface area contributed by atoms with E-state index in [9.17, 15) is 9.90 Å². The summed E-state index contributed by atoms with van der Waals surface area (Å²) in [7, 11) is 0. The lowest BCUT2D eigenvalue weighted by molar-refractivity contribution is -0.144. The highest BCUT2D eigenvalue weighted by Gasteiger charge is 2.51. The smallest absolute Gasteiger partial charge is 0.308 e. The van der Waals surface area contributed by atoms with Gasteiger partial charge in [-0.1, -0.05) is 24.3 Å². The van der Waals surface area contributed by atoms with Crippen molar-refractivity contribution in [3.05, 3.63) is 35.4 Å². The predicted molar refractivity (Wildman–Crippen MR) is 76.5 cm³/mol. The van der Waals surface area contributed by atoms with Crippen LogP contribution in [-0.4, -0.2) is 23.2 Å². The predicted octanol–water partition coefficient (Wildman–Crippen LogP) is 2.24. The minimum absolute atomic E-state index is 0.155. The minimum atomic E-state index is -0.592. The van der Waals surface area contributed by atoms with Crippen LogP contribution in [0, 0.1) is 17.8 Å². The maximum absolute atomic E-state index is 11.6. The van der Waals surface area contributed by atoms with E-state index in [-0.39, 0.29) is 12.0 Å². The van der Waals surface area contributed by atoms with Crippen molar-refractivity contribution >= 4 is 5.97 Å². The average molecular weight is 271 g/mol. The van der Waals surface area contributed by atoms with Crippen LogP contribution in [0.1, 0.15) is 30.4 Å². The topological polar surface area (TPSA) is 49.3 Å². The van der Waals surface area contributed by atoms with Gasteiger partial charge in [0.25, 0.3) is 0 Å². The zero-order valence-corrected chi connectivity index (χ0v) is 11.6. The molecule has 4 rings (SSSR count). The molecule has 20 heavy (non-hydrogen) atoms. The summed E-state index contributed by atoms with van der Waals surface area (Å²) in [4.78, 5) is 11.6. The molecule has 0 amide bonds. The van der Waals surface area contributed by atoms with Gasteiger partial charge in [-0.15, -0.1) is 0 Å². The van der Waals surface area contributed by atoms with E-state index in [0.717, 1.165) is 25.7 Å². The first kappa shape index (κ1) is 12.4. The highest BCUT2D eigenvalue weighted by atomic mass is 16.4. The van der Waals surface area contributed by atoms with Gasteiger partial charge in [0.05, 0.1) is 5.92 Å². The number of fused-ring (bicyclic) bond motifs is 3. The van der Waals surface area contributed by atoms with E-state index in [1.165, 1.54) is 17.5 Å². The summed E-state index contributed by atoms with van der Waals surface area (Å²) in [5, 5.41) is 13.2. The summed E-state index contributed by atoms with van der Waals surface area (Å²) in [6.07, 6.45) is 5.55. The molecule has 3 heteroatoms. The standard InChI is InChI=1S/C17H21NO2/c19-17(20)15-12-5-6-13(7-12)16(15)18-14-8-10-3-1-2-4-11(10)9-14/h1-4,12-16,18H,5-9H2,(H,19,20). The van der Waals surface area contributed by atoms with Gasteiger partial charge in [0.15, 0.2) is 0 Å². The second kappa shape index (κ2) is 4.59. The Bertz CT molecular complexity index is 517. The molecule has 3 aliphatic carbocycles. The maximum atomic E-state index is 11.6. The Labute approximate surface area is 119 Å². The van der Waals surface area contributed by atoms with Crippen LogP contribution in [0.4, 0.5) is 0 Å². The summed E-state index contributed by atoms with van der Waals surface area (Å²) in [5.74, 6) is 0.256. The lowest BCUT2D eigenvalue weighted by Crippen LogP contribution is -2.48. The third kappa shape index (κ3) is 1.87. The molecule has 2 N–H and O–H groups in total. The fourth-order valence-electron chi connectivity index (χ4n) is 4.84. The Hall–Kier alpha value is -1.35. The van der Waals surface area contributed by atoms with Crippen LogP contribution < -0.4 is 5.32 Å². The van der Waals surface area contributed by atoms with Crippen molar-refractivity contribution in [2.45, 2.75) is 44.2 Å². The first-order valence-corrected chi connectivity index (χ1v) is 7.78. The molecule has 0 aromatic heterocycles. The van der Waals surface area contributed by atoms with Gasteiger partial charge in [0, 0.05) is 12.1 Å². The number of benzene rings is 1. The average Bonchev–Trinajstić information content (AvgIpc) is 3.10. The Morgan fingerprint density at radius 3 is 2.40 bits per heavy atom. The van der Waals surface area contributed by atoms with Crippen LogP contribution >= 0.6 is 0 Å². The first-order valence-electron chi connectivity index (χ1n) is 7.78. The second-order valence-electron chi connectivity index (χ2n) is 6.76. The van der Waals surface area contributed by atoms with Crippen LogP contribution in [0.25, 0.3) is 0 Å². The summed E-state index contributed by atoms with van der Waals surface area (Å²) in [5.41, 5.74) is 2.86. The molecule has 2 bridgehead atoms. The molecule has 3 aliphatic rings. The molecule has 0 spiro atoms. The monoisotopic (exact) mass is 271 g/mol. The van der Waals surface area contributed by atoms with Crippen LogP contribution in [0.5, 0.6) is 0 Å². The van der Waals surface area contributed by atoms with Crippen LogP contribution in [0.15, 0.2) is 24.3 Å². The van der Waals surface area contributed by atoms with E-state index < -0.39 is 5.97 Å². The van der Waals surface area contributed by atoms with Gasteiger partial charge in [-0.2, -0.15) is 0 Å². The summed E-state index contributed by atoms with van der Waals surface area (Å²) >= 11 is 0. The van der Waals surface area contributed by atoms with Crippen molar-refractivity contribution in [2.75, 3.05) is 0 Å². The van der Waals surface area contributed by atoms with E-state index in [1.807, 2.05) is 0 Å². The third-order valence-corrected chi connectivity index (χ3v) is 5.68. The number of nitrogens with one attached hydrogen (secondary N) is 1. The fourth-order valence-corrected chi connectivity index (χ4v) is 4.84. The quantitative estimate of drug-likeness (QED) is 0.886. The normalized spacial score (nSPS) is 35.4. The molecular formula is C17H21NO2. The molecule has 1 aromatic carbocycles.